The topological polar surface area (TPSA) is 46.2 Å². The van der Waals surface area contributed by atoms with Crippen LogP contribution in [0.1, 0.15) is 52.9 Å². The summed E-state index contributed by atoms with van der Waals surface area (Å²) in [5, 5.41) is 10.3. The second-order valence-electron chi connectivity index (χ2n) is 5.61. The molecule has 0 aromatic carbocycles. The first-order valence-corrected chi connectivity index (χ1v) is 6.44. The molecular formula is C13H27NO. The molecule has 2 nitrogen and oxygen atoms in total. The quantitative estimate of drug-likeness (QED) is 0.754. The zero-order chi connectivity index (χ0) is 11.5. The summed E-state index contributed by atoms with van der Waals surface area (Å²) in [5.74, 6) is 1.19. The lowest BCUT2D eigenvalue weighted by atomic mass is 9.64. The fraction of sp³-hybridized carbons (Fsp3) is 1.00. The molecule has 0 heterocycles. The van der Waals surface area contributed by atoms with Gasteiger partial charge in [-0.1, -0.05) is 27.2 Å². The van der Waals surface area contributed by atoms with Crippen LogP contribution in [0.4, 0.5) is 0 Å². The molecule has 1 fully saturated rings. The third-order valence-corrected chi connectivity index (χ3v) is 4.34. The maximum atomic E-state index is 10.3. The summed E-state index contributed by atoms with van der Waals surface area (Å²) in [4.78, 5) is 0. The Morgan fingerprint density at radius 2 is 1.87 bits per heavy atom. The van der Waals surface area contributed by atoms with Gasteiger partial charge >= 0.3 is 0 Å². The Hall–Kier alpha value is -0.0800. The average Bonchev–Trinajstić information content (AvgIpc) is 2.28. The van der Waals surface area contributed by atoms with Gasteiger partial charge in [0, 0.05) is 12.0 Å². The van der Waals surface area contributed by atoms with E-state index in [0.29, 0.717) is 12.5 Å². The Bertz CT molecular complexity index is 183. The van der Waals surface area contributed by atoms with Crippen molar-refractivity contribution in [3.8, 4) is 0 Å². The maximum Gasteiger partial charge on any atom is 0.0631 e. The van der Waals surface area contributed by atoms with Gasteiger partial charge in [0.05, 0.1) is 6.10 Å². The maximum absolute atomic E-state index is 10.3. The van der Waals surface area contributed by atoms with E-state index in [1.54, 1.807) is 0 Å². The molecule has 0 spiro atoms. The standard InChI is InChI=1S/C13H27NO/c1-4-11-5-7-13(9-14,8-6-11)12(15)10(2)3/h10-12,15H,4-9,14H2,1-3H3. The summed E-state index contributed by atoms with van der Waals surface area (Å²) in [7, 11) is 0. The molecule has 0 aliphatic heterocycles. The molecule has 3 N–H and O–H groups in total. The molecule has 1 aliphatic rings. The van der Waals surface area contributed by atoms with Crippen molar-refractivity contribution in [2.75, 3.05) is 6.54 Å². The molecule has 1 rings (SSSR count). The van der Waals surface area contributed by atoms with Crippen LogP contribution in [0.15, 0.2) is 0 Å². The van der Waals surface area contributed by atoms with E-state index in [4.69, 9.17) is 5.73 Å². The average molecular weight is 213 g/mol. The van der Waals surface area contributed by atoms with Crippen LogP contribution >= 0.6 is 0 Å². The van der Waals surface area contributed by atoms with Crippen molar-refractivity contribution < 1.29 is 5.11 Å². The predicted octanol–water partition coefficient (Wildman–Crippen LogP) is 2.55. The third kappa shape index (κ3) is 2.73. The smallest absolute Gasteiger partial charge is 0.0631 e. The van der Waals surface area contributed by atoms with Crippen molar-refractivity contribution in [3.05, 3.63) is 0 Å². The van der Waals surface area contributed by atoms with Gasteiger partial charge in [-0.05, 0) is 37.5 Å². The van der Waals surface area contributed by atoms with Crippen LogP contribution in [0.2, 0.25) is 0 Å². The molecule has 1 atom stereocenters. The first-order valence-electron chi connectivity index (χ1n) is 6.44. The number of aliphatic hydroxyl groups excluding tert-OH is 1. The second kappa shape index (κ2) is 5.31. The van der Waals surface area contributed by atoms with Crippen molar-refractivity contribution in [3.63, 3.8) is 0 Å². The molecule has 0 amide bonds. The molecular weight excluding hydrogens is 186 g/mol. The van der Waals surface area contributed by atoms with E-state index in [1.165, 1.54) is 19.3 Å². The highest BCUT2D eigenvalue weighted by molar-refractivity contribution is 4.92. The molecule has 0 bridgehead atoms. The Balaban J connectivity index is 2.63. The van der Waals surface area contributed by atoms with Crippen molar-refractivity contribution in [1.29, 1.82) is 0 Å². The largest absolute Gasteiger partial charge is 0.392 e. The number of aliphatic hydroxyl groups is 1. The highest BCUT2D eigenvalue weighted by Crippen LogP contribution is 2.43. The van der Waals surface area contributed by atoms with Gasteiger partial charge < -0.3 is 10.8 Å². The normalized spacial score (nSPS) is 34.4. The molecule has 0 saturated heterocycles. The summed E-state index contributed by atoms with van der Waals surface area (Å²) >= 11 is 0. The van der Waals surface area contributed by atoms with E-state index in [1.807, 2.05) is 0 Å². The van der Waals surface area contributed by atoms with E-state index >= 15 is 0 Å². The van der Waals surface area contributed by atoms with Gasteiger partial charge in [-0.2, -0.15) is 0 Å². The monoisotopic (exact) mass is 213 g/mol. The zero-order valence-electron chi connectivity index (χ0n) is 10.5. The molecule has 0 aromatic rings. The minimum atomic E-state index is -0.222. The van der Waals surface area contributed by atoms with E-state index in [0.717, 1.165) is 18.8 Å². The Kier molecular flexibility index (Phi) is 4.60. The molecule has 1 aliphatic carbocycles. The van der Waals surface area contributed by atoms with Gasteiger partial charge in [0.25, 0.3) is 0 Å². The van der Waals surface area contributed by atoms with Gasteiger partial charge in [-0.15, -0.1) is 0 Å². The molecule has 0 radical (unpaired) electrons. The highest BCUT2D eigenvalue weighted by atomic mass is 16.3. The third-order valence-electron chi connectivity index (χ3n) is 4.34. The van der Waals surface area contributed by atoms with Crippen LogP contribution in [0, 0.1) is 17.3 Å². The Morgan fingerprint density at radius 3 is 2.20 bits per heavy atom. The highest BCUT2D eigenvalue weighted by Gasteiger charge is 2.40. The van der Waals surface area contributed by atoms with Gasteiger partial charge in [0.2, 0.25) is 0 Å². The first kappa shape index (κ1) is 13.0. The van der Waals surface area contributed by atoms with Crippen molar-refractivity contribution in [2.45, 2.75) is 59.0 Å². The Morgan fingerprint density at radius 1 is 1.33 bits per heavy atom. The summed E-state index contributed by atoms with van der Waals surface area (Å²) in [6, 6.07) is 0. The van der Waals surface area contributed by atoms with Gasteiger partial charge in [-0.3, -0.25) is 0 Å². The number of hydrogen-bond donors (Lipinski definition) is 2. The summed E-state index contributed by atoms with van der Waals surface area (Å²) in [6.07, 6.45) is 5.77. The minimum Gasteiger partial charge on any atom is -0.392 e. The lowest BCUT2D eigenvalue weighted by Crippen LogP contribution is -2.46. The van der Waals surface area contributed by atoms with Crippen LogP contribution < -0.4 is 5.73 Å². The van der Waals surface area contributed by atoms with Crippen LogP contribution in [0.3, 0.4) is 0 Å². The van der Waals surface area contributed by atoms with Crippen LogP contribution in [0.25, 0.3) is 0 Å². The lowest BCUT2D eigenvalue weighted by molar-refractivity contribution is -0.0359. The number of rotatable bonds is 4. The fourth-order valence-electron chi connectivity index (χ4n) is 2.99. The molecule has 15 heavy (non-hydrogen) atoms. The molecule has 0 aromatic heterocycles. The van der Waals surface area contributed by atoms with E-state index in [-0.39, 0.29) is 11.5 Å². The second-order valence-corrected chi connectivity index (χ2v) is 5.61. The minimum absolute atomic E-state index is 0.0137. The molecule has 90 valence electrons. The lowest BCUT2D eigenvalue weighted by Gasteiger charge is -2.44. The predicted molar refractivity (Wildman–Crippen MR) is 64.6 cm³/mol. The molecule has 1 unspecified atom stereocenters. The van der Waals surface area contributed by atoms with Crippen molar-refractivity contribution in [1.82, 2.24) is 0 Å². The van der Waals surface area contributed by atoms with Crippen LogP contribution in [-0.2, 0) is 0 Å². The van der Waals surface area contributed by atoms with E-state index < -0.39 is 0 Å². The number of nitrogens with two attached hydrogens (primary N) is 1. The molecule has 1 saturated carbocycles. The van der Waals surface area contributed by atoms with Crippen LogP contribution in [0.5, 0.6) is 0 Å². The van der Waals surface area contributed by atoms with Crippen LogP contribution in [-0.4, -0.2) is 17.8 Å². The summed E-state index contributed by atoms with van der Waals surface area (Å²) in [6.45, 7) is 7.09. The van der Waals surface area contributed by atoms with Crippen molar-refractivity contribution in [2.24, 2.45) is 23.0 Å². The SMILES string of the molecule is CCC1CCC(CN)(C(O)C(C)C)CC1. The zero-order valence-corrected chi connectivity index (χ0v) is 10.5. The number of hydrogen-bond acceptors (Lipinski definition) is 2. The van der Waals surface area contributed by atoms with E-state index in [2.05, 4.69) is 20.8 Å². The van der Waals surface area contributed by atoms with E-state index in [9.17, 15) is 5.11 Å². The van der Waals surface area contributed by atoms with Gasteiger partial charge in [0.1, 0.15) is 0 Å². The molecule has 2 heteroatoms. The summed E-state index contributed by atoms with van der Waals surface area (Å²) in [5.41, 5.74) is 5.92. The van der Waals surface area contributed by atoms with Gasteiger partial charge in [0.15, 0.2) is 0 Å². The fourth-order valence-corrected chi connectivity index (χ4v) is 2.99. The van der Waals surface area contributed by atoms with Crippen molar-refractivity contribution >= 4 is 0 Å². The van der Waals surface area contributed by atoms with Gasteiger partial charge in [-0.25, -0.2) is 0 Å². The Labute approximate surface area is 94.2 Å². The first-order chi connectivity index (χ1) is 7.05. The summed E-state index contributed by atoms with van der Waals surface area (Å²) < 4.78 is 0.